The van der Waals surface area contributed by atoms with E-state index in [0.717, 1.165) is 41.1 Å². The first kappa shape index (κ1) is 12.3. The van der Waals surface area contributed by atoms with Crippen LogP contribution in [0.1, 0.15) is 28.2 Å². The topological polar surface area (TPSA) is 55.1 Å². The van der Waals surface area contributed by atoms with E-state index in [-0.39, 0.29) is 5.69 Å². The van der Waals surface area contributed by atoms with Gasteiger partial charge in [-0.1, -0.05) is 6.07 Å². The summed E-state index contributed by atoms with van der Waals surface area (Å²) < 4.78 is 1.80. The molecule has 1 heterocycles. The summed E-state index contributed by atoms with van der Waals surface area (Å²) in [5, 5.41) is 13.5. The van der Waals surface area contributed by atoms with Gasteiger partial charge in [0.05, 0.1) is 5.69 Å². The van der Waals surface area contributed by atoms with Crippen LogP contribution in [0.5, 0.6) is 0 Å². The molecule has 1 aromatic carbocycles. The van der Waals surface area contributed by atoms with Gasteiger partial charge in [0, 0.05) is 16.2 Å². The molecule has 0 saturated carbocycles. The molecule has 1 aromatic heterocycles. The molecule has 1 N–H and O–H groups in total. The number of benzene rings is 1. The van der Waals surface area contributed by atoms with Crippen molar-refractivity contribution in [3.63, 3.8) is 0 Å². The number of carboxylic acid groups (broad SMARTS) is 1. The van der Waals surface area contributed by atoms with Gasteiger partial charge in [0.2, 0.25) is 0 Å². The molecular formula is C14H14N2O2S. The van der Waals surface area contributed by atoms with Crippen LogP contribution in [0.3, 0.4) is 0 Å². The summed E-state index contributed by atoms with van der Waals surface area (Å²) in [7, 11) is 0. The van der Waals surface area contributed by atoms with E-state index in [0.29, 0.717) is 0 Å². The summed E-state index contributed by atoms with van der Waals surface area (Å²) in [6.45, 7) is 0. The van der Waals surface area contributed by atoms with Crippen LogP contribution in [0.4, 0.5) is 0 Å². The summed E-state index contributed by atoms with van der Waals surface area (Å²) in [6, 6.07) is 8.03. The van der Waals surface area contributed by atoms with E-state index >= 15 is 0 Å². The first-order valence-electron chi connectivity index (χ1n) is 6.19. The molecule has 0 radical (unpaired) electrons. The molecule has 1 aliphatic rings. The van der Waals surface area contributed by atoms with Gasteiger partial charge < -0.3 is 5.11 Å². The lowest BCUT2D eigenvalue weighted by Crippen LogP contribution is -2.04. The molecule has 5 heteroatoms. The number of carbonyl (C=O) groups is 1. The number of hydrogen-bond acceptors (Lipinski definition) is 3. The van der Waals surface area contributed by atoms with Crippen molar-refractivity contribution < 1.29 is 9.90 Å². The standard InChI is InChI=1S/C14H14N2O2S/c1-19-10-5-2-4-9(8-10)16-12-7-3-6-11(12)13(15-16)14(17)18/h2,4-5,8H,3,6-7H2,1H3,(H,17,18). The van der Waals surface area contributed by atoms with Gasteiger partial charge in [0.15, 0.2) is 5.69 Å². The quantitative estimate of drug-likeness (QED) is 0.874. The highest BCUT2D eigenvalue weighted by molar-refractivity contribution is 7.98. The van der Waals surface area contributed by atoms with Gasteiger partial charge in [0.25, 0.3) is 0 Å². The maximum Gasteiger partial charge on any atom is 0.356 e. The molecule has 2 aromatic rings. The number of fused-ring (bicyclic) bond motifs is 1. The minimum atomic E-state index is -0.932. The second kappa shape index (κ2) is 4.74. The first-order valence-corrected chi connectivity index (χ1v) is 7.41. The molecule has 1 aliphatic carbocycles. The van der Waals surface area contributed by atoms with Crippen LogP contribution in [0.15, 0.2) is 29.2 Å². The molecule has 0 unspecified atom stereocenters. The van der Waals surface area contributed by atoms with Gasteiger partial charge in [-0.3, -0.25) is 0 Å². The fourth-order valence-electron chi connectivity index (χ4n) is 2.56. The SMILES string of the molecule is CSc1cccc(-n2nc(C(=O)O)c3c2CCC3)c1. The predicted octanol–water partition coefficient (Wildman–Crippen LogP) is 2.78. The molecule has 0 spiro atoms. The number of rotatable bonds is 3. The van der Waals surface area contributed by atoms with Crippen LogP contribution in [-0.4, -0.2) is 27.1 Å². The molecular weight excluding hydrogens is 260 g/mol. The van der Waals surface area contributed by atoms with Gasteiger partial charge in [-0.15, -0.1) is 11.8 Å². The number of aromatic carboxylic acids is 1. The highest BCUT2D eigenvalue weighted by atomic mass is 32.2. The predicted molar refractivity (Wildman–Crippen MR) is 74.3 cm³/mol. The smallest absolute Gasteiger partial charge is 0.356 e. The summed E-state index contributed by atoms with van der Waals surface area (Å²) in [5.41, 5.74) is 3.11. The molecule has 0 amide bonds. The molecule has 0 bridgehead atoms. The van der Waals surface area contributed by atoms with Crippen molar-refractivity contribution in [2.75, 3.05) is 6.26 Å². The minimum Gasteiger partial charge on any atom is -0.476 e. The van der Waals surface area contributed by atoms with E-state index in [2.05, 4.69) is 5.10 Å². The Balaban J connectivity index is 2.15. The van der Waals surface area contributed by atoms with Crippen molar-refractivity contribution in [3.8, 4) is 5.69 Å². The van der Waals surface area contributed by atoms with Crippen molar-refractivity contribution >= 4 is 17.7 Å². The Labute approximate surface area is 115 Å². The summed E-state index contributed by atoms with van der Waals surface area (Å²) >= 11 is 1.67. The monoisotopic (exact) mass is 274 g/mol. The van der Waals surface area contributed by atoms with Crippen molar-refractivity contribution in [1.29, 1.82) is 0 Å². The highest BCUT2D eigenvalue weighted by Crippen LogP contribution is 2.28. The normalized spacial score (nSPS) is 13.5. The maximum atomic E-state index is 11.2. The molecule has 3 rings (SSSR count). The van der Waals surface area contributed by atoms with Crippen molar-refractivity contribution in [3.05, 3.63) is 41.2 Å². The van der Waals surface area contributed by atoms with Gasteiger partial charge >= 0.3 is 5.97 Å². The van der Waals surface area contributed by atoms with E-state index < -0.39 is 5.97 Å². The zero-order chi connectivity index (χ0) is 13.4. The Morgan fingerprint density at radius 1 is 1.42 bits per heavy atom. The Kier molecular flexibility index (Phi) is 3.06. The number of nitrogens with zero attached hydrogens (tertiary/aromatic N) is 2. The fourth-order valence-corrected chi connectivity index (χ4v) is 3.02. The van der Waals surface area contributed by atoms with Gasteiger partial charge in [0.1, 0.15) is 0 Å². The lowest BCUT2D eigenvalue weighted by Gasteiger charge is -2.06. The Morgan fingerprint density at radius 3 is 3.00 bits per heavy atom. The van der Waals surface area contributed by atoms with Crippen molar-refractivity contribution in [2.24, 2.45) is 0 Å². The lowest BCUT2D eigenvalue weighted by molar-refractivity contribution is 0.0689. The van der Waals surface area contributed by atoms with E-state index in [1.165, 1.54) is 0 Å². The third-order valence-corrected chi connectivity index (χ3v) is 4.16. The third kappa shape index (κ3) is 2.04. The molecule has 0 aliphatic heterocycles. The zero-order valence-electron chi connectivity index (χ0n) is 10.6. The molecule has 4 nitrogen and oxygen atoms in total. The Morgan fingerprint density at radius 2 is 2.26 bits per heavy atom. The van der Waals surface area contributed by atoms with Crippen molar-refractivity contribution in [1.82, 2.24) is 9.78 Å². The molecule has 0 atom stereocenters. The molecule has 19 heavy (non-hydrogen) atoms. The molecule has 0 saturated heterocycles. The third-order valence-electron chi connectivity index (χ3n) is 3.43. The largest absolute Gasteiger partial charge is 0.476 e. The van der Waals surface area contributed by atoms with Gasteiger partial charge in [-0.05, 0) is 43.7 Å². The average molecular weight is 274 g/mol. The Bertz CT molecular complexity index is 649. The van der Waals surface area contributed by atoms with Gasteiger partial charge in [-0.25, -0.2) is 9.48 Å². The van der Waals surface area contributed by atoms with Crippen LogP contribution in [-0.2, 0) is 12.8 Å². The second-order valence-corrected chi connectivity index (χ2v) is 5.43. The van der Waals surface area contributed by atoms with E-state index in [1.807, 2.05) is 30.5 Å². The number of thioether (sulfide) groups is 1. The second-order valence-electron chi connectivity index (χ2n) is 4.55. The van der Waals surface area contributed by atoms with E-state index in [9.17, 15) is 9.90 Å². The summed E-state index contributed by atoms with van der Waals surface area (Å²) in [5.74, 6) is -0.932. The molecule has 0 fully saturated rings. The lowest BCUT2D eigenvalue weighted by atomic mass is 10.2. The maximum absolute atomic E-state index is 11.2. The van der Waals surface area contributed by atoms with Crippen LogP contribution in [0, 0.1) is 0 Å². The highest BCUT2D eigenvalue weighted by Gasteiger charge is 2.26. The van der Waals surface area contributed by atoms with Crippen LogP contribution < -0.4 is 0 Å². The Hall–Kier alpha value is -1.75. The zero-order valence-corrected chi connectivity index (χ0v) is 11.4. The minimum absolute atomic E-state index is 0.210. The van der Waals surface area contributed by atoms with E-state index in [1.54, 1.807) is 16.4 Å². The fraction of sp³-hybridized carbons (Fsp3) is 0.286. The first-order chi connectivity index (χ1) is 9.20. The van der Waals surface area contributed by atoms with Crippen LogP contribution in [0.2, 0.25) is 0 Å². The van der Waals surface area contributed by atoms with Crippen molar-refractivity contribution in [2.45, 2.75) is 24.2 Å². The number of aromatic nitrogens is 2. The summed E-state index contributed by atoms with van der Waals surface area (Å²) in [4.78, 5) is 12.4. The number of carboxylic acids is 1. The molecule has 98 valence electrons. The van der Waals surface area contributed by atoms with E-state index in [4.69, 9.17) is 0 Å². The number of hydrogen-bond donors (Lipinski definition) is 1. The average Bonchev–Trinajstić information content (AvgIpc) is 2.99. The van der Waals surface area contributed by atoms with Gasteiger partial charge in [-0.2, -0.15) is 5.10 Å². The van der Waals surface area contributed by atoms with Crippen LogP contribution >= 0.6 is 11.8 Å². The van der Waals surface area contributed by atoms with Crippen LogP contribution in [0.25, 0.3) is 5.69 Å². The summed E-state index contributed by atoms with van der Waals surface area (Å²) in [6.07, 6.45) is 4.75.